The molecule has 0 unspecified atom stereocenters. The Balaban J connectivity index is 2.53. The Hall–Kier alpha value is -3.30. The van der Waals surface area contributed by atoms with Gasteiger partial charge in [-0.05, 0) is 12.1 Å². The zero-order valence-electron chi connectivity index (χ0n) is 10.6. The van der Waals surface area contributed by atoms with E-state index in [1.807, 2.05) is 0 Å². The fourth-order valence-electron chi connectivity index (χ4n) is 1.56. The SMILES string of the molecule is COC(=O)c1ncn(-c2ccc(C(=O)O)cc2[N+](=O)[O-])n1. The van der Waals surface area contributed by atoms with Gasteiger partial charge in [0.2, 0.25) is 0 Å². The molecule has 0 saturated carbocycles. The van der Waals surface area contributed by atoms with Gasteiger partial charge in [-0.15, -0.1) is 5.10 Å². The van der Waals surface area contributed by atoms with Crippen LogP contribution in [0.15, 0.2) is 24.5 Å². The standard InChI is InChI=1S/C11H8N4O6/c1-21-11(18)9-12-5-14(13-9)7-3-2-6(10(16)17)4-8(7)15(19)20/h2-5H,1H3,(H,16,17). The molecule has 0 amide bonds. The molecule has 1 aromatic carbocycles. The molecule has 0 spiro atoms. The Bertz CT molecular complexity index is 738. The first kappa shape index (κ1) is 14.1. The maximum Gasteiger partial charge on any atom is 0.377 e. The average molecular weight is 292 g/mol. The van der Waals surface area contributed by atoms with Gasteiger partial charge >= 0.3 is 11.9 Å². The van der Waals surface area contributed by atoms with Gasteiger partial charge in [-0.2, -0.15) is 0 Å². The summed E-state index contributed by atoms with van der Waals surface area (Å²) >= 11 is 0. The van der Waals surface area contributed by atoms with E-state index in [4.69, 9.17) is 5.11 Å². The number of carboxylic acid groups (broad SMARTS) is 1. The van der Waals surface area contributed by atoms with Crippen LogP contribution in [0.1, 0.15) is 21.0 Å². The third-order valence-electron chi connectivity index (χ3n) is 2.53. The second kappa shape index (κ2) is 5.36. The largest absolute Gasteiger partial charge is 0.478 e. The summed E-state index contributed by atoms with van der Waals surface area (Å²) in [6.45, 7) is 0. The van der Waals surface area contributed by atoms with Crippen molar-refractivity contribution in [2.24, 2.45) is 0 Å². The lowest BCUT2D eigenvalue weighted by atomic mass is 10.2. The summed E-state index contributed by atoms with van der Waals surface area (Å²) in [6.07, 6.45) is 1.09. The van der Waals surface area contributed by atoms with Gasteiger partial charge < -0.3 is 9.84 Å². The molecule has 2 rings (SSSR count). The van der Waals surface area contributed by atoms with E-state index in [2.05, 4.69) is 14.8 Å². The van der Waals surface area contributed by atoms with E-state index in [1.165, 1.54) is 12.1 Å². The number of benzene rings is 1. The number of rotatable bonds is 4. The smallest absolute Gasteiger partial charge is 0.377 e. The van der Waals surface area contributed by atoms with Crippen molar-refractivity contribution in [3.05, 3.63) is 46.0 Å². The molecule has 0 fully saturated rings. The zero-order chi connectivity index (χ0) is 15.6. The minimum absolute atomic E-state index is 0.0207. The lowest BCUT2D eigenvalue weighted by Crippen LogP contribution is -2.07. The number of aromatic carboxylic acids is 1. The number of aromatic nitrogens is 3. The van der Waals surface area contributed by atoms with Crippen LogP contribution < -0.4 is 0 Å². The van der Waals surface area contributed by atoms with Gasteiger partial charge in [0.25, 0.3) is 11.5 Å². The summed E-state index contributed by atoms with van der Waals surface area (Å²) in [5.41, 5.74) is -0.734. The summed E-state index contributed by atoms with van der Waals surface area (Å²) < 4.78 is 5.42. The minimum atomic E-state index is -1.29. The molecule has 0 aliphatic carbocycles. The number of carbonyl (C=O) groups excluding carboxylic acids is 1. The predicted octanol–water partition coefficient (Wildman–Crippen LogP) is 0.660. The lowest BCUT2D eigenvalue weighted by Gasteiger charge is -2.03. The van der Waals surface area contributed by atoms with Crippen molar-refractivity contribution < 1.29 is 24.4 Å². The highest BCUT2D eigenvalue weighted by Gasteiger charge is 2.21. The Labute approximate surface area is 116 Å². The van der Waals surface area contributed by atoms with Crippen LogP contribution in [0.3, 0.4) is 0 Å². The molecule has 0 atom stereocenters. The minimum Gasteiger partial charge on any atom is -0.478 e. The Morgan fingerprint density at radius 2 is 2.14 bits per heavy atom. The molecule has 1 N–H and O–H groups in total. The molecule has 2 aromatic rings. The van der Waals surface area contributed by atoms with Gasteiger partial charge in [-0.1, -0.05) is 0 Å². The van der Waals surface area contributed by atoms with Crippen molar-refractivity contribution in [1.29, 1.82) is 0 Å². The fourth-order valence-corrected chi connectivity index (χ4v) is 1.56. The normalized spacial score (nSPS) is 10.1. The van der Waals surface area contributed by atoms with Gasteiger partial charge in [0, 0.05) is 6.07 Å². The van der Waals surface area contributed by atoms with Crippen molar-refractivity contribution in [3.63, 3.8) is 0 Å². The molecule has 1 aromatic heterocycles. The van der Waals surface area contributed by atoms with Crippen molar-refractivity contribution >= 4 is 17.6 Å². The summed E-state index contributed by atoms with van der Waals surface area (Å²) in [6, 6.07) is 3.29. The number of nitro benzene ring substituents is 1. The van der Waals surface area contributed by atoms with Crippen LogP contribution in [-0.4, -0.2) is 43.8 Å². The third-order valence-corrected chi connectivity index (χ3v) is 2.53. The number of carbonyl (C=O) groups is 2. The van der Waals surface area contributed by atoms with E-state index < -0.39 is 22.5 Å². The summed E-state index contributed by atoms with van der Waals surface area (Å²) in [5, 5.41) is 23.6. The van der Waals surface area contributed by atoms with E-state index in [0.29, 0.717) is 0 Å². The zero-order valence-corrected chi connectivity index (χ0v) is 10.6. The first-order valence-electron chi connectivity index (χ1n) is 5.46. The predicted molar refractivity (Wildman–Crippen MR) is 66.3 cm³/mol. The molecular weight excluding hydrogens is 284 g/mol. The second-order valence-corrected chi connectivity index (χ2v) is 3.77. The van der Waals surface area contributed by atoms with Crippen molar-refractivity contribution in [1.82, 2.24) is 14.8 Å². The Morgan fingerprint density at radius 1 is 1.43 bits per heavy atom. The van der Waals surface area contributed by atoms with Crippen molar-refractivity contribution in [2.75, 3.05) is 7.11 Å². The number of hydrogen-bond donors (Lipinski definition) is 1. The highest BCUT2D eigenvalue weighted by Crippen LogP contribution is 2.23. The first-order valence-corrected chi connectivity index (χ1v) is 5.46. The highest BCUT2D eigenvalue weighted by atomic mass is 16.6. The van der Waals surface area contributed by atoms with Crippen LogP contribution >= 0.6 is 0 Å². The van der Waals surface area contributed by atoms with Crippen LogP contribution in [0.2, 0.25) is 0 Å². The molecule has 0 aliphatic rings. The molecule has 1 heterocycles. The number of hydrogen-bond acceptors (Lipinski definition) is 7. The highest BCUT2D eigenvalue weighted by molar-refractivity contribution is 5.89. The van der Waals surface area contributed by atoms with E-state index in [1.54, 1.807) is 0 Å². The molecule has 10 heteroatoms. The molecule has 0 aliphatic heterocycles. The van der Waals surface area contributed by atoms with E-state index in [-0.39, 0.29) is 17.1 Å². The molecule has 0 bridgehead atoms. The average Bonchev–Trinajstić information content (AvgIpc) is 2.95. The molecule has 21 heavy (non-hydrogen) atoms. The number of nitro groups is 1. The lowest BCUT2D eigenvalue weighted by molar-refractivity contribution is -0.384. The van der Waals surface area contributed by atoms with Gasteiger partial charge in [0.1, 0.15) is 12.0 Å². The van der Waals surface area contributed by atoms with Gasteiger partial charge in [0.15, 0.2) is 0 Å². The van der Waals surface area contributed by atoms with E-state index in [9.17, 15) is 19.7 Å². The van der Waals surface area contributed by atoms with Crippen LogP contribution in [-0.2, 0) is 4.74 Å². The van der Waals surface area contributed by atoms with Gasteiger partial charge in [0.05, 0.1) is 17.6 Å². The van der Waals surface area contributed by atoms with Crippen molar-refractivity contribution in [3.8, 4) is 5.69 Å². The molecular formula is C11H8N4O6. The van der Waals surface area contributed by atoms with Gasteiger partial charge in [-0.3, -0.25) is 10.1 Å². The van der Waals surface area contributed by atoms with Crippen LogP contribution in [0, 0.1) is 10.1 Å². The number of nitrogens with zero attached hydrogens (tertiary/aromatic N) is 4. The molecule has 108 valence electrons. The summed E-state index contributed by atoms with van der Waals surface area (Å²) in [4.78, 5) is 36.0. The number of methoxy groups -OCH3 is 1. The van der Waals surface area contributed by atoms with Crippen LogP contribution in [0.4, 0.5) is 5.69 Å². The van der Waals surface area contributed by atoms with Crippen molar-refractivity contribution in [2.45, 2.75) is 0 Å². The number of carboxylic acids is 1. The summed E-state index contributed by atoms with van der Waals surface area (Å²) in [7, 11) is 1.15. The fraction of sp³-hybridized carbons (Fsp3) is 0.0909. The monoisotopic (exact) mass is 292 g/mol. The summed E-state index contributed by atoms with van der Waals surface area (Å²) in [5.74, 6) is -2.36. The maximum atomic E-state index is 11.2. The van der Waals surface area contributed by atoms with E-state index >= 15 is 0 Å². The van der Waals surface area contributed by atoms with E-state index in [0.717, 1.165) is 24.2 Å². The topological polar surface area (TPSA) is 137 Å². The maximum absolute atomic E-state index is 11.2. The first-order chi connectivity index (χ1) is 9.93. The van der Waals surface area contributed by atoms with Gasteiger partial charge in [-0.25, -0.2) is 19.3 Å². The third kappa shape index (κ3) is 2.68. The molecule has 0 saturated heterocycles. The number of ether oxygens (including phenoxy) is 1. The quantitative estimate of drug-likeness (QED) is 0.492. The Kier molecular flexibility index (Phi) is 3.61. The second-order valence-electron chi connectivity index (χ2n) is 3.77. The molecule has 10 nitrogen and oxygen atoms in total. The number of esters is 1. The molecule has 0 radical (unpaired) electrons. The van der Waals surface area contributed by atoms with Crippen LogP contribution in [0.5, 0.6) is 0 Å². The van der Waals surface area contributed by atoms with Crippen LogP contribution in [0.25, 0.3) is 5.69 Å². The Morgan fingerprint density at radius 3 is 2.71 bits per heavy atom.